The molecule has 2 N–H and O–H groups in total. The van der Waals surface area contributed by atoms with Crippen LogP contribution in [0.1, 0.15) is 72.1 Å². The number of carbonyl (C=O) groups is 1. The van der Waals surface area contributed by atoms with E-state index in [0.29, 0.717) is 6.04 Å². The maximum absolute atomic E-state index is 12.1. The van der Waals surface area contributed by atoms with Crippen molar-refractivity contribution < 1.29 is 9.90 Å². The SMILES string of the molecule is CC(C)(C)C1CCCCC1(NC1CCCC1)C(=O)O. The molecule has 19 heavy (non-hydrogen) atoms. The predicted molar refractivity (Wildman–Crippen MR) is 77.2 cm³/mol. The van der Waals surface area contributed by atoms with Crippen LogP contribution in [-0.2, 0) is 4.79 Å². The fourth-order valence-corrected chi connectivity index (χ4v) is 4.27. The fraction of sp³-hybridized carbons (Fsp3) is 0.938. The van der Waals surface area contributed by atoms with Gasteiger partial charge >= 0.3 is 5.97 Å². The maximum Gasteiger partial charge on any atom is 0.324 e. The summed E-state index contributed by atoms with van der Waals surface area (Å²) in [5, 5.41) is 13.5. The largest absolute Gasteiger partial charge is 0.480 e. The summed E-state index contributed by atoms with van der Waals surface area (Å²) in [5.41, 5.74) is -0.643. The summed E-state index contributed by atoms with van der Waals surface area (Å²) < 4.78 is 0. The zero-order valence-electron chi connectivity index (χ0n) is 12.7. The highest BCUT2D eigenvalue weighted by Gasteiger charge is 2.52. The minimum atomic E-state index is -0.689. The summed E-state index contributed by atoms with van der Waals surface area (Å²) in [6.45, 7) is 6.57. The monoisotopic (exact) mass is 267 g/mol. The van der Waals surface area contributed by atoms with Gasteiger partial charge in [0.2, 0.25) is 0 Å². The van der Waals surface area contributed by atoms with Crippen LogP contribution in [0.4, 0.5) is 0 Å². The number of rotatable bonds is 3. The molecule has 3 nitrogen and oxygen atoms in total. The van der Waals surface area contributed by atoms with Gasteiger partial charge in [-0.2, -0.15) is 0 Å². The molecule has 2 aliphatic rings. The van der Waals surface area contributed by atoms with Crippen LogP contribution in [0.5, 0.6) is 0 Å². The summed E-state index contributed by atoms with van der Waals surface area (Å²) in [5.74, 6) is -0.397. The average molecular weight is 267 g/mol. The molecule has 3 heteroatoms. The molecule has 0 spiro atoms. The summed E-state index contributed by atoms with van der Waals surface area (Å²) in [4.78, 5) is 12.1. The lowest BCUT2D eigenvalue weighted by molar-refractivity contribution is -0.153. The Morgan fingerprint density at radius 2 is 1.68 bits per heavy atom. The van der Waals surface area contributed by atoms with E-state index in [9.17, 15) is 9.90 Å². The van der Waals surface area contributed by atoms with Gasteiger partial charge in [-0.05, 0) is 37.0 Å². The molecule has 0 heterocycles. The first-order chi connectivity index (χ1) is 8.86. The molecule has 0 saturated heterocycles. The van der Waals surface area contributed by atoms with Crippen LogP contribution in [-0.4, -0.2) is 22.7 Å². The van der Waals surface area contributed by atoms with E-state index < -0.39 is 11.5 Å². The van der Waals surface area contributed by atoms with Gasteiger partial charge in [0.15, 0.2) is 0 Å². The average Bonchev–Trinajstić information content (AvgIpc) is 2.80. The summed E-state index contributed by atoms with van der Waals surface area (Å²) in [6.07, 6.45) is 8.82. The minimum Gasteiger partial charge on any atom is -0.480 e. The van der Waals surface area contributed by atoms with Crippen molar-refractivity contribution in [2.24, 2.45) is 11.3 Å². The maximum atomic E-state index is 12.1. The molecule has 0 aromatic carbocycles. The van der Waals surface area contributed by atoms with Crippen molar-refractivity contribution >= 4 is 5.97 Å². The number of hydrogen-bond acceptors (Lipinski definition) is 2. The molecule has 2 atom stereocenters. The molecule has 2 aliphatic carbocycles. The van der Waals surface area contributed by atoms with Gasteiger partial charge in [0.1, 0.15) is 5.54 Å². The molecule has 2 unspecified atom stereocenters. The van der Waals surface area contributed by atoms with Gasteiger partial charge in [-0.25, -0.2) is 0 Å². The molecular weight excluding hydrogens is 238 g/mol. The summed E-state index contributed by atoms with van der Waals surface area (Å²) in [7, 11) is 0. The van der Waals surface area contributed by atoms with Crippen molar-refractivity contribution in [2.75, 3.05) is 0 Å². The van der Waals surface area contributed by atoms with Gasteiger partial charge in [-0.1, -0.05) is 46.5 Å². The first-order valence-electron chi connectivity index (χ1n) is 7.87. The Hall–Kier alpha value is -0.570. The van der Waals surface area contributed by atoms with Crippen LogP contribution < -0.4 is 5.32 Å². The molecule has 0 bridgehead atoms. The van der Waals surface area contributed by atoms with Crippen LogP contribution in [0.3, 0.4) is 0 Å². The second-order valence-electron chi connectivity index (χ2n) is 7.57. The second-order valence-corrected chi connectivity index (χ2v) is 7.57. The Bertz CT molecular complexity index is 328. The van der Waals surface area contributed by atoms with Crippen LogP contribution >= 0.6 is 0 Å². The number of aliphatic carboxylic acids is 1. The molecule has 0 amide bonds. The molecule has 0 aliphatic heterocycles. The highest BCUT2D eigenvalue weighted by atomic mass is 16.4. The highest BCUT2D eigenvalue weighted by molar-refractivity contribution is 5.79. The molecule has 0 aromatic heterocycles. The zero-order chi connectivity index (χ0) is 14.1. The van der Waals surface area contributed by atoms with Crippen molar-refractivity contribution in [3.8, 4) is 0 Å². The third kappa shape index (κ3) is 2.96. The molecule has 0 radical (unpaired) electrons. The molecule has 110 valence electrons. The normalized spacial score (nSPS) is 33.5. The first kappa shape index (κ1) is 14.8. The van der Waals surface area contributed by atoms with Crippen molar-refractivity contribution in [1.82, 2.24) is 5.32 Å². The van der Waals surface area contributed by atoms with E-state index in [-0.39, 0.29) is 11.3 Å². The van der Waals surface area contributed by atoms with Gasteiger partial charge in [-0.3, -0.25) is 10.1 Å². The minimum absolute atomic E-state index is 0.0460. The molecular formula is C16H29NO2. The smallest absolute Gasteiger partial charge is 0.324 e. The highest BCUT2D eigenvalue weighted by Crippen LogP contribution is 2.45. The number of carboxylic acids is 1. The molecule has 0 aromatic rings. The summed E-state index contributed by atoms with van der Waals surface area (Å²) >= 11 is 0. The third-order valence-electron chi connectivity index (χ3n) is 5.15. The van der Waals surface area contributed by atoms with Gasteiger partial charge < -0.3 is 5.11 Å². The lowest BCUT2D eigenvalue weighted by Gasteiger charge is -2.49. The zero-order valence-corrected chi connectivity index (χ0v) is 12.7. The number of nitrogens with one attached hydrogen (secondary N) is 1. The Morgan fingerprint density at radius 3 is 2.21 bits per heavy atom. The van der Waals surface area contributed by atoms with E-state index in [1.54, 1.807) is 0 Å². The van der Waals surface area contributed by atoms with Gasteiger partial charge in [0.25, 0.3) is 0 Å². The summed E-state index contributed by atoms with van der Waals surface area (Å²) in [6, 6.07) is 0.416. The van der Waals surface area contributed by atoms with Gasteiger partial charge in [0, 0.05) is 6.04 Å². The predicted octanol–water partition coefficient (Wildman–Crippen LogP) is 3.58. The number of hydrogen-bond donors (Lipinski definition) is 2. The van der Waals surface area contributed by atoms with Crippen LogP contribution in [0.25, 0.3) is 0 Å². The Morgan fingerprint density at radius 1 is 1.11 bits per heavy atom. The number of carboxylic acid groups (broad SMARTS) is 1. The second kappa shape index (κ2) is 5.43. The Labute approximate surface area is 117 Å². The van der Waals surface area contributed by atoms with Crippen molar-refractivity contribution in [3.63, 3.8) is 0 Å². The Kier molecular flexibility index (Phi) is 4.24. The van der Waals surface area contributed by atoms with E-state index in [2.05, 4.69) is 26.1 Å². The topological polar surface area (TPSA) is 49.3 Å². The lowest BCUT2D eigenvalue weighted by Crippen LogP contribution is -2.64. The van der Waals surface area contributed by atoms with Gasteiger partial charge in [0.05, 0.1) is 0 Å². The molecule has 2 rings (SSSR count). The van der Waals surface area contributed by atoms with E-state index in [0.717, 1.165) is 32.1 Å². The third-order valence-corrected chi connectivity index (χ3v) is 5.15. The van der Waals surface area contributed by atoms with E-state index in [1.165, 1.54) is 19.3 Å². The quantitative estimate of drug-likeness (QED) is 0.821. The first-order valence-corrected chi connectivity index (χ1v) is 7.87. The van der Waals surface area contributed by atoms with Gasteiger partial charge in [-0.15, -0.1) is 0 Å². The lowest BCUT2D eigenvalue weighted by atomic mass is 9.61. The van der Waals surface area contributed by atoms with Crippen molar-refractivity contribution in [1.29, 1.82) is 0 Å². The van der Waals surface area contributed by atoms with Crippen molar-refractivity contribution in [2.45, 2.75) is 83.7 Å². The van der Waals surface area contributed by atoms with E-state index in [1.807, 2.05) is 0 Å². The van der Waals surface area contributed by atoms with E-state index >= 15 is 0 Å². The van der Waals surface area contributed by atoms with Crippen molar-refractivity contribution in [3.05, 3.63) is 0 Å². The standard InChI is InChI=1S/C16H29NO2/c1-15(2,3)13-10-6-7-11-16(13,14(18)19)17-12-8-4-5-9-12/h12-13,17H,4-11H2,1-3H3,(H,18,19). The van der Waals surface area contributed by atoms with E-state index in [4.69, 9.17) is 0 Å². The molecule has 2 fully saturated rings. The Balaban J connectivity index is 2.25. The van der Waals surface area contributed by atoms with Crippen LogP contribution in [0, 0.1) is 11.3 Å². The van der Waals surface area contributed by atoms with Crippen LogP contribution in [0.15, 0.2) is 0 Å². The van der Waals surface area contributed by atoms with Crippen LogP contribution in [0.2, 0.25) is 0 Å². The molecule has 2 saturated carbocycles. The fourth-order valence-electron chi connectivity index (χ4n) is 4.27.